The van der Waals surface area contributed by atoms with Crippen LogP contribution in [0.2, 0.25) is 0 Å². The van der Waals surface area contributed by atoms with Gasteiger partial charge in [0, 0.05) is 6.20 Å². The fourth-order valence-corrected chi connectivity index (χ4v) is 1.02. The highest BCUT2D eigenvalue weighted by Gasteiger charge is 2.33. The SMILES string of the molecule is FC(F)(F)c1c[c]n(-c2ccccn2)n1. The van der Waals surface area contributed by atoms with Crippen molar-refractivity contribution >= 4 is 0 Å². The lowest BCUT2D eigenvalue weighted by molar-refractivity contribution is -0.141. The van der Waals surface area contributed by atoms with Gasteiger partial charge in [-0.3, -0.25) is 0 Å². The predicted molar refractivity (Wildman–Crippen MR) is 45.2 cm³/mol. The average molecular weight is 212 g/mol. The zero-order valence-corrected chi connectivity index (χ0v) is 7.36. The first-order valence-electron chi connectivity index (χ1n) is 4.04. The molecule has 77 valence electrons. The Bertz CT molecular complexity index is 447. The second kappa shape index (κ2) is 3.38. The number of rotatable bonds is 1. The molecule has 0 N–H and O–H groups in total. The van der Waals surface area contributed by atoms with Crippen molar-refractivity contribution in [1.82, 2.24) is 14.8 Å². The lowest BCUT2D eigenvalue weighted by Crippen LogP contribution is -2.07. The van der Waals surface area contributed by atoms with Gasteiger partial charge in [0.05, 0.1) is 6.20 Å². The lowest BCUT2D eigenvalue weighted by atomic mass is 10.4. The third-order valence-electron chi connectivity index (χ3n) is 1.69. The van der Waals surface area contributed by atoms with Crippen molar-refractivity contribution in [3.8, 4) is 5.82 Å². The molecular formula is C9H5F3N3. The summed E-state index contributed by atoms with van der Waals surface area (Å²) in [6, 6.07) is 5.65. The van der Waals surface area contributed by atoms with Gasteiger partial charge in [-0.1, -0.05) is 6.07 Å². The summed E-state index contributed by atoms with van der Waals surface area (Å²) in [5.74, 6) is 0.299. The quantitative estimate of drug-likeness (QED) is 0.724. The number of nitrogens with zero attached hydrogens (tertiary/aromatic N) is 3. The minimum Gasteiger partial charge on any atom is -0.237 e. The van der Waals surface area contributed by atoms with Crippen molar-refractivity contribution in [2.75, 3.05) is 0 Å². The minimum absolute atomic E-state index is 0.299. The number of hydrogen-bond acceptors (Lipinski definition) is 2. The zero-order chi connectivity index (χ0) is 10.9. The summed E-state index contributed by atoms with van der Waals surface area (Å²) in [4.78, 5) is 3.85. The zero-order valence-electron chi connectivity index (χ0n) is 7.36. The first kappa shape index (κ1) is 9.70. The van der Waals surface area contributed by atoms with Crippen LogP contribution in [0.5, 0.6) is 0 Å². The highest BCUT2D eigenvalue weighted by atomic mass is 19.4. The molecule has 2 heterocycles. The summed E-state index contributed by atoms with van der Waals surface area (Å²) in [6.45, 7) is 0. The molecule has 2 rings (SSSR count). The van der Waals surface area contributed by atoms with Gasteiger partial charge in [-0.15, -0.1) is 0 Å². The van der Waals surface area contributed by atoms with Gasteiger partial charge in [0.1, 0.15) is 0 Å². The largest absolute Gasteiger partial charge is 0.435 e. The molecule has 2 aromatic rings. The molecule has 0 aromatic carbocycles. The van der Waals surface area contributed by atoms with Gasteiger partial charge in [0.15, 0.2) is 11.5 Å². The van der Waals surface area contributed by atoms with E-state index in [-0.39, 0.29) is 0 Å². The van der Waals surface area contributed by atoms with Crippen molar-refractivity contribution in [2.24, 2.45) is 0 Å². The second-order valence-electron chi connectivity index (χ2n) is 2.76. The molecule has 0 fully saturated rings. The molecule has 0 spiro atoms. The van der Waals surface area contributed by atoms with Gasteiger partial charge in [-0.05, 0) is 18.2 Å². The summed E-state index contributed by atoms with van der Waals surface area (Å²) in [5.41, 5.74) is -0.979. The highest BCUT2D eigenvalue weighted by Crippen LogP contribution is 2.27. The molecule has 0 amide bonds. The van der Waals surface area contributed by atoms with Crippen LogP contribution in [0.15, 0.2) is 30.5 Å². The predicted octanol–water partition coefficient (Wildman–Crippen LogP) is 2.09. The van der Waals surface area contributed by atoms with Gasteiger partial charge < -0.3 is 0 Å². The third-order valence-corrected chi connectivity index (χ3v) is 1.69. The number of alkyl halides is 3. The average Bonchev–Trinajstić information content (AvgIpc) is 2.67. The van der Waals surface area contributed by atoms with Gasteiger partial charge in [-0.25, -0.2) is 9.67 Å². The lowest BCUT2D eigenvalue weighted by Gasteiger charge is -2.01. The minimum atomic E-state index is -4.45. The molecule has 6 heteroatoms. The summed E-state index contributed by atoms with van der Waals surface area (Å²) < 4.78 is 37.6. The van der Waals surface area contributed by atoms with Crippen LogP contribution in [-0.2, 0) is 6.18 Å². The van der Waals surface area contributed by atoms with E-state index < -0.39 is 11.9 Å². The van der Waals surface area contributed by atoms with E-state index in [2.05, 4.69) is 16.3 Å². The van der Waals surface area contributed by atoms with E-state index in [1.54, 1.807) is 18.2 Å². The number of aromatic nitrogens is 3. The van der Waals surface area contributed by atoms with Gasteiger partial charge in [-0.2, -0.15) is 18.3 Å². The molecule has 2 aromatic heterocycles. The van der Waals surface area contributed by atoms with Crippen molar-refractivity contribution in [1.29, 1.82) is 0 Å². The molecule has 0 atom stereocenters. The molecule has 0 saturated carbocycles. The molecular weight excluding hydrogens is 207 g/mol. The smallest absolute Gasteiger partial charge is 0.237 e. The molecule has 0 unspecified atom stereocenters. The first-order valence-corrected chi connectivity index (χ1v) is 4.04. The second-order valence-corrected chi connectivity index (χ2v) is 2.76. The van der Waals surface area contributed by atoms with E-state index in [0.717, 1.165) is 10.7 Å². The Morgan fingerprint density at radius 2 is 2.07 bits per heavy atom. The standard InChI is InChI=1S/C9H5F3N3/c10-9(11,12)7-4-6-15(14-7)8-3-1-2-5-13-8/h1-5H. The van der Waals surface area contributed by atoms with Crippen molar-refractivity contribution < 1.29 is 13.2 Å². The number of halogens is 3. The molecule has 0 aliphatic heterocycles. The fourth-order valence-electron chi connectivity index (χ4n) is 1.02. The van der Waals surface area contributed by atoms with Crippen molar-refractivity contribution in [3.63, 3.8) is 0 Å². The maximum atomic E-state index is 12.2. The molecule has 3 nitrogen and oxygen atoms in total. The van der Waals surface area contributed by atoms with Gasteiger partial charge >= 0.3 is 6.18 Å². The van der Waals surface area contributed by atoms with Crippen molar-refractivity contribution in [3.05, 3.63) is 42.4 Å². The Labute approximate surface area is 83.2 Å². The van der Waals surface area contributed by atoms with Gasteiger partial charge in [0.2, 0.25) is 0 Å². The van der Waals surface area contributed by atoms with E-state index in [1.807, 2.05) is 0 Å². The summed E-state index contributed by atoms with van der Waals surface area (Å²) in [7, 11) is 0. The molecule has 0 saturated heterocycles. The highest BCUT2D eigenvalue weighted by molar-refractivity contribution is 5.20. The Hall–Kier alpha value is -1.85. The maximum Gasteiger partial charge on any atom is 0.435 e. The Kier molecular flexibility index (Phi) is 2.18. The van der Waals surface area contributed by atoms with E-state index in [0.29, 0.717) is 5.82 Å². The third kappa shape index (κ3) is 1.98. The monoisotopic (exact) mass is 212 g/mol. The molecule has 15 heavy (non-hydrogen) atoms. The van der Waals surface area contributed by atoms with Crippen LogP contribution in [-0.4, -0.2) is 14.8 Å². The van der Waals surface area contributed by atoms with E-state index in [1.165, 1.54) is 6.20 Å². The number of pyridine rings is 1. The Morgan fingerprint density at radius 1 is 1.27 bits per heavy atom. The van der Waals surface area contributed by atoms with Crippen LogP contribution in [0.4, 0.5) is 13.2 Å². The van der Waals surface area contributed by atoms with Crippen molar-refractivity contribution in [2.45, 2.75) is 6.18 Å². The van der Waals surface area contributed by atoms with Crippen LogP contribution in [0.25, 0.3) is 5.82 Å². The molecule has 0 aliphatic rings. The van der Waals surface area contributed by atoms with Gasteiger partial charge in [0.25, 0.3) is 0 Å². The first-order chi connectivity index (χ1) is 7.07. The molecule has 0 aliphatic carbocycles. The van der Waals surface area contributed by atoms with E-state index in [4.69, 9.17) is 0 Å². The van der Waals surface area contributed by atoms with Crippen LogP contribution in [0.1, 0.15) is 5.69 Å². The molecule has 1 radical (unpaired) electrons. The van der Waals surface area contributed by atoms with E-state index in [9.17, 15) is 13.2 Å². The fraction of sp³-hybridized carbons (Fsp3) is 0.111. The van der Waals surface area contributed by atoms with E-state index >= 15 is 0 Å². The molecule has 0 bridgehead atoms. The van der Waals surface area contributed by atoms with Crippen LogP contribution in [0.3, 0.4) is 0 Å². The summed E-state index contributed by atoms with van der Waals surface area (Å²) in [5, 5.41) is 3.33. The summed E-state index contributed by atoms with van der Waals surface area (Å²) in [6.07, 6.45) is -0.626. The Morgan fingerprint density at radius 3 is 2.60 bits per heavy atom. The topological polar surface area (TPSA) is 30.7 Å². The van der Waals surface area contributed by atoms with Crippen LogP contribution < -0.4 is 0 Å². The number of hydrogen-bond donors (Lipinski definition) is 0. The van der Waals surface area contributed by atoms with Crippen LogP contribution >= 0.6 is 0 Å². The Balaban J connectivity index is 2.37. The normalized spacial score (nSPS) is 11.7. The maximum absolute atomic E-state index is 12.2. The summed E-state index contributed by atoms with van der Waals surface area (Å²) >= 11 is 0. The van der Waals surface area contributed by atoms with Crippen LogP contribution in [0, 0.1) is 6.20 Å².